The van der Waals surface area contributed by atoms with Crippen molar-refractivity contribution >= 4 is 7.85 Å². The molecule has 0 aromatic heterocycles. The van der Waals surface area contributed by atoms with Crippen molar-refractivity contribution in [3.8, 4) is 22.3 Å². The summed E-state index contributed by atoms with van der Waals surface area (Å²) in [7, 11) is 1.79. The summed E-state index contributed by atoms with van der Waals surface area (Å²) in [5, 5.41) is 0. The standard InChI is InChI=1S/C29H32BF3O/c1-2-3-4-5-19-6-15-27(34-18-19)22-11-13-24(26(31)16-22)20-7-9-21(10-8-20)25-14-12-23(17-30)28(32)29(25)33/h7-14,16,19,27H,2-6,15,17-18,30H2,1H3. The Labute approximate surface area is 201 Å². The Morgan fingerprint density at radius 1 is 0.853 bits per heavy atom. The third-order valence-corrected chi connectivity index (χ3v) is 7.00. The van der Waals surface area contributed by atoms with Gasteiger partial charge in [-0.1, -0.05) is 81.0 Å². The molecule has 0 radical (unpaired) electrons. The van der Waals surface area contributed by atoms with Crippen LogP contribution in [0.15, 0.2) is 54.6 Å². The molecule has 0 bridgehead atoms. The molecule has 4 rings (SSSR count). The van der Waals surface area contributed by atoms with Crippen LogP contribution < -0.4 is 0 Å². The smallest absolute Gasteiger partial charge is 0.166 e. The van der Waals surface area contributed by atoms with Gasteiger partial charge in [0, 0.05) is 11.1 Å². The predicted octanol–water partition coefficient (Wildman–Crippen LogP) is 7.62. The SMILES string of the molecule is BCc1ccc(-c2ccc(-c3ccc(C4CCC(CCCCC)CO4)cc3F)cc2)c(F)c1F. The maximum absolute atomic E-state index is 15.0. The van der Waals surface area contributed by atoms with Gasteiger partial charge in [-0.2, -0.15) is 0 Å². The molecule has 0 spiro atoms. The number of rotatable bonds is 8. The molecular weight excluding hydrogens is 432 g/mol. The molecule has 0 saturated carbocycles. The Morgan fingerprint density at radius 3 is 2.18 bits per heavy atom. The van der Waals surface area contributed by atoms with Crippen LogP contribution in [0.3, 0.4) is 0 Å². The van der Waals surface area contributed by atoms with E-state index in [2.05, 4.69) is 6.92 Å². The maximum Gasteiger partial charge on any atom is 0.166 e. The van der Waals surface area contributed by atoms with Crippen LogP contribution in [0.1, 0.15) is 62.7 Å². The molecule has 34 heavy (non-hydrogen) atoms. The topological polar surface area (TPSA) is 9.23 Å². The fourth-order valence-corrected chi connectivity index (χ4v) is 4.86. The summed E-state index contributed by atoms with van der Waals surface area (Å²) in [4.78, 5) is 0. The molecule has 3 aromatic rings. The van der Waals surface area contributed by atoms with Crippen LogP contribution in [0.5, 0.6) is 0 Å². The van der Waals surface area contributed by atoms with Crippen molar-refractivity contribution in [2.24, 2.45) is 5.92 Å². The van der Waals surface area contributed by atoms with Gasteiger partial charge in [-0.05, 0) is 53.5 Å². The van der Waals surface area contributed by atoms with E-state index >= 15 is 4.39 Å². The fraction of sp³-hybridized carbons (Fsp3) is 0.379. The normalized spacial score (nSPS) is 18.2. The van der Waals surface area contributed by atoms with Gasteiger partial charge in [-0.25, -0.2) is 13.2 Å². The summed E-state index contributed by atoms with van der Waals surface area (Å²) in [6, 6.07) is 15.4. The van der Waals surface area contributed by atoms with E-state index in [4.69, 9.17) is 4.74 Å². The van der Waals surface area contributed by atoms with Crippen molar-refractivity contribution in [1.82, 2.24) is 0 Å². The predicted molar refractivity (Wildman–Crippen MR) is 135 cm³/mol. The zero-order valence-corrected chi connectivity index (χ0v) is 20.0. The average molecular weight is 464 g/mol. The third kappa shape index (κ3) is 5.41. The lowest BCUT2D eigenvalue weighted by molar-refractivity contribution is -0.0200. The van der Waals surface area contributed by atoms with Crippen LogP contribution in [-0.2, 0) is 11.1 Å². The van der Waals surface area contributed by atoms with Gasteiger partial charge in [-0.3, -0.25) is 0 Å². The van der Waals surface area contributed by atoms with Crippen LogP contribution in [-0.4, -0.2) is 14.5 Å². The molecule has 1 aliphatic rings. The van der Waals surface area contributed by atoms with Crippen molar-refractivity contribution in [3.63, 3.8) is 0 Å². The summed E-state index contributed by atoms with van der Waals surface area (Å²) in [6.07, 6.45) is 7.38. The van der Waals surface area contributed by atoms with E-state index in [9.17, 15) is 8.78 Å². The zero-order chi connectivity index (χ0) is 24.1. The lowest BCUT2D eigenvalue weighted by atomic mass is 9.90. The molecule has 178 valence electrons. The van der Waals surface area contributed by atoms with Gasteiger partial charge in [0.25, 0.3) is 0 Å². The van der Waals surface area contributed by atoms with Gasteiger partial charge >= 0.3 is 0 Å². The third-order valence-electron chi connectivity index (χ3n) is 7.00. The summed E-state index contributed by atoms with van der Waals surface area (Å²) >= 11 is 0. The Hall–Kier alpha value is -2.53. The second-order valence-electron chi connectivity index (χ2n) is 9.33. The Kier molecular flexibility index (Phi) is 8.15. The molecule has 3 aromatic carbocycles. The van der Waals surface area contributed by atoms with Gasteiger partial charge in [-0.15, -0.1) is 0 Å². The van der Waals surface area contributed by atoms with Crippen molar-refractivity contribution in [2.75, 3.05) is 6.61 Å². The van der Waals surface area contributed by atoms with Gasteiger partial charge in [0.2, 0.25) is 0 Å². The molecule has 1 fully saturated rings. The van der Waals surface area contributed by atoms with E-state index in [1.54, 1.807) is 56.4 Å². The highest BCUT2D eigenvalue weighted by Crippen LogP contribution is 2.35. The molecule has 0 aliphatic carbocycles. The molecule has 1 nitrogen and oxygen atoms in total. The molecule has 2 atom stereocenters. The lowest BCUT2D eigenvalue weighted by Crippen LogP contribution is -2.20. The van der Waals surface area contributed by atoms with Gasteiger partial charge in [0.15, 0.2) is 11.6 Å². The van der Waals surface area contributed by atoms with E-state index in [0.717, 1.165) is 25.0 Å². The van der Waals surface area contributed by atoms with Crippen molar-refractivity contribution < 1.29 is 17.9 Å². The second-order valence-corrected chi connectivity index (χ2v) is 9.33. The minimum absolute atomic E-state index is 0.0580. The summed E-state index contributed by atoms with van der Waals surface area (Å²) in [5.41, 5.74) is 3.17. The van der Waals surface area contributed by atoms with Crippen LogP contribution in [0.4, 0.5) is 13.2 Å². The Morgan fingerprint density at radius 2 is 1.56 bits per heavy atom. The number of ether oxygens (including phenoxy) is 1. The number of hydrogen-bond acceptors (Lipinski definition) is 1. The number of unbranched alkanes of at least 4 members (excludes halogenated alkanes) is 2. The molecule has 0 amide bonds. The largest absolute Gasteiger partial charge is 0.373 e. The summed E-state index contributed by atoms with van der Waals surface area (Å²) < 4.78 is 49.8. The highest BCUT2D eigenvalue weighted by Gasteiger charge is 2.23. The zero-order valence-electron chi connectivity index (χ0n) is 20.0. The first-order chi connectivity index (χ1) is 16.5. The van der Waals surface area contributed by atoms with Crippen LogP contribution in [0.25, 0.3) is 22.3 Å². The van der Waals surface area contributed by atoms with Crippen molar-refractivity contribution in [1.29, 1.82) is 0 Å². The van der Waals surface area contributed by atoms with E-state index in [0.29, 0.717) is 34.5 Å². The molecular formula is C29H32BF3O. The molecule has 1 heterocycles. The average Bonchev–Trinajstić information content (AvgIpc) is 2.86. The van der Waals surface area contributed by atoms with Crippen molar-refractivity contribution in [2.45, 2.75) is 57.9 Å². The van der Waals surface area contributed by atoms with Gasteiger partial charge in [0.05, 0.1) is 12.7 Å². The number of hydrogen-bond donors (Lipinski definition) is 0. The number of halogens is 3. The summed E-state index contributed by atoms with van der Waals surface area (Å²) in [5.74, 6) is -1.34. The fourth-order valence-electron chi connectivity index (χ4n) is 4.86. The van der Waals surface area contributed by atoms with Crippen LogP contribution >= 0.6 is 0 Å². The molecule has 2 unspecified atom stereocenters. The van der Waals surface area contributed by atoms with E-state index in [1.807, 2.05) is 6.07 Å². The van der Waals surface area contributed by atoms with Crippen LogP contribution in [0.2, 0.25) is 0 Å². The molecule has 5 heteroatoms. The molecule has 1 aliphatic heterocycles. The Bertz CT molecular complexity index is 1110. The monoisotopic (exact) mass is 464 g/mol. The lowest BCUT2D eigenvalue weighted by Gasteiger charge is -2.29. The van der Waals surface area contributed by atoms with Crippen LogP contribution in [0, 0.1) is 23.4 Å². The van der Waals surface area contributed by atoms with Gasteiger partial charge in [0.1, 0.15) is 13.7 Å². The van der Waals surface area contributed by atoms with Crippen molar-refractivity contribution in [3.05, 3.63) is 83.2 Å². The minimum atomic E-state index is -0.845. The number of benzene rings is 3. The van der Waals surface area contributed by atoms with E-state index in [1.165, 1.54) is 25.7 Å². The first-order valence-corrected chi connectivity index (χ1v) is 12.5. The van der Waals surface area contributed by atoms with E-state index < -0.39 is 11.6 Å². The maximum atomic E-state index is 15.0. The molecule has 1 saturated heterocycles. The second kappa shape index (κ2) is 11.3. The highest BCUT2D eigenvalue weighted by atomic mass is 19.2. The molecule has 0 N–H and O–H groups in total. The first-order valence-electron chi connectivity index (χ1n) is 12.5. The van der Waals surface area contributed by atoms with E-state index in [-0.39, 0.29) is 17.5 Å². The Balaban J connectivity index is 1.45. The first kappa shape index (κ1) is 24.6. The van der Waals surface area contributed by atoms with Gasteiger partial charge < -0.3 is 4.74 Å². The quantitative estimate of drug-likeness (QED) is 0.246. The summed E-state index contributed by atoms with van der Waals surface area (Å²) in [6.45, 7) is 2.96. The highest BCUT2D eigenvalue weighted by molar-refractivity contribution is 6.08. The minimum Gasteiger partial charge on any atom is -0.373 e.